The molecule has 0 aliphatic rings. The van der Waals surface area contributed by atoms with Gasteiger partial charge in [-0.2, -0.15) is 8.78 Å². The second-order valence-corrected chi connectivity index (χ2v) is 6.37. The third kappa shape index (κ3) is 6.83. The Labute approximate surface area is 123 Å². The lowest BCUT2D eigenvalue weighted by atomic mass is 10.1. The quantitative estimate of drug-likeness (QED) is 0.728. The Hall–Kier alpha value is -1.25. The molecule has 5 nitrogen and oxygen atoms in total. The topological polar surface area (TPSA) is 67.4 Å². The van der Waals surface area contributed by atoms with Crippen LogP contribution in [-0.4, -0.2) is 33.9 Å². The van der Waals surface area contributed by atoms with Gasteiger partial charge in [-0.1, -0.05) is 19.1 Å². The first-order valence-corrected chi connectivity index (χ1v) is 8.24. The summed E-state index contributed by atoms with van der Waals surface area (Å²) in [6, 6.07) is 6.13. The molecule has 1 aromatic rings. The minimum Gasteiger partial charge on any atom is -0.435 e. The van der Waals surface area contributed by atoms with E-state index in [0.717, 1.165) is 5.56 Å². The van der Waals surface area contributed by atoms with Crippen molar-refractivity contribution in [3.63, 3.8) is 0 Å². The van der Waals surface area contributed by atoms with Crippen LogP contribution in [0.4, 0.5) is 8.78 Å². The number of nitrogens with one attached hydrogen (secondary N) is 2. The molecule has 1 rings (SSSR count). The van der Waals surface area contributed by atoms with Gasteiger partial charge < -0.3 is 10.1 Å². The van der Waals surface area contributed by atoms with E-state index in [1.165, 1.54) is 12.1 Å². The second kappa shape index (κ2) is 8.26. The summed E-state index contributed by atoms with van der Waals surface area (Å²) in [6.45, 7) is 1.40. The SMILES string of the molecule is CCNS(=O)(=O)CCNC(C)c1ccc(OC(F)F)cc1. The zero-order valence-corrected chi connectivity index (χ0v) is 12.8. The fourth-order valence-corrected chi connectivity index (χ4v) is 2.73. The van der Waals surface area contributed by atoms with E-state index in [-0.39, 0.29) is 17.5 Å². The van der Waals surface area contributed by atoms with Gasteiger partial charge in [0.25, 0.3) is 0 Å². The molecule has 0 amide bonds. The molecule has 120 valence electrons. The fraction of sp³-hybridized carbons (Fsp3) is 0.538. The number of sulfonamides is 1. The smallest absolute Gasteiger partial charge is 0.387 e. The van der Waals surface area contributed by atoms with Gasteiger partial charge in [-0.05, 0) is 24.6 Å². The fourth-order valence-electron chi connectivity index (χ4n) is 1.76. The van der Waals surface area contributed by atoms with Crippen LogP contribution < -0.4 is 14.8 Å². The third-order valence-electron chi connectivity index (χ3n) is 2.79. The van der Waals surface area contributed by atoms with Crippen LogP contribution in [0.3, 0.4) is 0 Å². The molecule has 0 aliphatic heterocycles. The molecular formula is C13H20F2N2O3S. The Bertz CT molecular complexity index is 521. The summed E-state index contributed by atoms with van der Waals surface area (Å²) in [6.07, 6.45) is 0. The zero-order chi connectivity index (χ0) is 15.9. The molecule has 0 aromatic heterocycles. The van der Waals surface area contributed by atoms with Crippen molar-refractivity contribution in [2.45, 2.75) is 26.5 Å². The molecule has 21 heavy (non-hydrogen) atoms. The predicted octanol–water partition coefficient (Wildman–Crippen LogP) is 1.88. The lowest BCUT2D eigenvalue weighted by Crippen LogP contribution is -2.32. The highest BCUT2D eigenvalue weighted by atomic mass is 32.2. The molecule has 0 heterocycles. The van der Waals surface area contributed by atoms with Crippen molar-refractivity contribution < 1.29 is 21.9 Å². The van der Waals surface area contributed by atoms with E-state index in [2.05, 4.69) is 14.8 Å². The standard InChI is InChI=1S/C13H20F2N2O3S/c1-3-17-21(18,19)9-8-16-10(2)11-4-6-12(7-5-11)20-13(14)15/h4-7,10,13,16-17H,3,8-9H2,1-2H3. The summed E-state index contributed by atoms with van der Waals surface area (Å²) in [5.74, 6) is 0.0771. The molecule has 1 unspecified atom stereocenters. The van der Waals surface area contributed by atoms with Crippen LogP contribution in [-0.2, 0) is 10.0 Å². The first kappa shape index (κ1) is 17.8. The maximum Gasteiger partial charge on any atom is 0.387 e. The van der Waals surface area contributed by atoms with Crippen LogP contribution in [0.5, 0.6) is 5.75 Å². The van der Waals surface area contributed by atoms with E-state index >= 15 is 0 Å². The van der Waals surface area contributed by atoms with E-state index in [1.54, 1.807) is 19.1 Å². The van der Waals surface area contributed by atoms with E-state index in [0.29, 0.717) is 13.1 Å². The molecule has 1 atom stereocenters. The lowest BCUT2D eigenvalue weighted by molar-refractivity contribution is -0.0498. The number of rotatable bonds is 9. The van der Waals surface area contributed by atoms with Gasteiger partial charge in [-0.3, -0.25) is 0 Å². The highest BCUT2D eigenvalue weighted by molar-refractivity contribution is 7.89. The number of hydrogen-bond donors (Lipinski definition) is 2. The predicted molar refractivity (Wildman–Crippen MR) is 77.0 cm³/mol. The average molecular weight is 322 g/mol. The third-order valence-corrected chi connectivity index (χ3v) is 4.26. The molecule has 0 saturated carbocycles. The molecule has 2 N–H and O–H groups in total. The molecule has 0 aliphatic carbocycles. The molecule has 0 fully saturated rings. The summed E-state index contributed by atoms with van der Waals surface area (Å²) < 4.78 is 53.6. The van der Waals surface area contributed by atoms with Crippen molar-refractivity contribution >= 4 is 10.0 Å². The number of alkyl halides is 2. The number of hydrogen-bond acceptors (Lipinski definition) is 4. The van der Waals surface area contributed by atoms with Crippen molar-refractivity contribution in [2.75, 3.05) is 18.8 Å². The van der Waals surface area contributed by atoms with Crippen LogP contribution in [0.1, 0.15) is 25.5 Å². The Morgan fingerprint density at radius 3 is 2.38 bits per heavy atom. The maximum absolute atomic E-state index is 12.0. The van der Waals surface area contributed by atoms with E-state index in [9.17, 15) is 17.2 Å². The summed E-state index contributed by atoms with van der Waals surface area (Å²) >= 11 is 0. The van der Waals surface area contributed by atoms with Gasteiger partial charge in [0.15, 0.2) is 0 Å². The van der Waals surface area contributed by atoms with Crippen molar-refractivity contribution in [1.82, 2.24) is 10.0 Å². The van der Waals surface area contributed by atoms with Gasteiger partial charge in [-0.15, -0.1) is 0 Å². The number of ether oxygens (including phenoxy) is 1. The highest BCUT2D eigenvalue weighted by Crippen LogP contribution is 2.18. The lowest BCUT2D eigenvalue weighted by Gasteiger charge is -2.15. The van der Waals surface area contributed by atoms with E-state index < -0.39 is 16.6 Å². The molecule has 0 spiro atoms. The Morgan fingerprint density at radius 1 is 1.24 bits per heavy atom. The zero-order valence-electron chi connectivity index (χ0n) is 12.0. The Kier molecular flexibility index (Phi) is 7.00. The van der Waals surface area contributed by atoms with Gasteiger partial charge >= 0.3 is 6.61 Å². The van der Waals surface area contributed by atoms with Crippen LogP contribution in [0.15, 0.2) is 24.3 Å². The van der Waals surface area contributed by atoms with Crippen molar-refractivity contribution in [2.24, 2.45) is 0 Å². The average Bonchev–Trinajstić information content (AvgIpc) is 2.38. The van der Waals surface area contributed by atoms with Crippen molar-refractivity contribution in [3.05, 3.63) is 29.8 Å². The molecule has 8 heteroatoms. The summed E-state index contributed by atoms with van der Waals surface area (Å²) in [5, 5.41) is 3.07. The monoisotopic (exact) mass is 322 g/mol. The molecule has 0 bridgehead atoms. The van der Waals surface area contributed by atoms with Gasteiger partial charge in [0.2, 0.25) is 10.0 Å². The summed E-state index contributed by atoms with van der Waals surface area (Å²) in [5.41, 5.74) is 0.859. The Morgan fingerprint density at radius 2 is 1.86 bits per heavy atom. The van der Waals surface area contributed by atoms with Crippen LogP contribution in [0.2, 0.25) is 0 Å². The molecule has 0 radical (unpaired) electrons. The molecular weight excluding hydrogens is 302 g/mol. The van der Waals surface area contributed by atoms with E-state index in [1.807, 2.05) is 6.92 Å². The number of halogens is 2. The van der Waals surface area contributed by atoms with Crippen LogP contribution in [0.25, 0.3) is 0 Å². The molecule has 1 aromatic carbocycles. The van der Waals surface area contributed by atoms with Crippen molar-refractivity contribution in [3.8, 4) is 5.75 Å². The van der Waals surface area contributed by atoms with E-state index in [4.69, 9.17) is 0 Å². The van der Waals surface area contributed by atoms with Crippen LogP contribution in [0, 0.1) is 0 Å². The van der Waals surface area contributed by atoms with Crippen molar-refractivity contribution in [1.29, 1.82) is 0 Å². The summed E-state index contributed by atoms with van der Waals surface area (Å²) in [4.78, 5) is 0. The van der Waals surface area contributed by atoms with Gasteiger partial charge in [0.1, 0.15) is 5.75 Å². The first-order chi connectivity index (χ1) is 9.84. The minimum atomic E-state index is -3.25. The minimum absolute atomic E-state index is 0.0161. The second-order valence-electron chi connectivity index (χ2n) is 4.44. The highest BCUT2D eigenvalue weighted by Gasteiger charge is 2.11. The maximum atomic E-state index is 12.0. The van der Waals surface area contributed by atoms with Gasteiger partial charge in [0, 0.05) is 19.1 Å². The van der Waals surface area contributed by atoms with Gasteiger partial charge in [0.05, 0.1) is 5.75 Å². The first-order valence-electron chi connectivity index (χ1n) is 6.59. The van der Waals surface area contributed by atoms with Gasteiger partial charge in [-0.25, -0.2) is 13.1 Å². The normalized spacial score (nSPS) is 13.4. The molecule has 0 saturated heterocycles. The number of benzene rings is 1. The largest absolute Gasteiger partial charge is 0.435 e. The van der Waals surface area contributed by atoms with Crippen LogP contribution >= 0.6 is 0 Å². The Balaban J connectivity index is 2.47. The summed E-state index contributed by atoms with van der Waals surface area (Å²) in [7, 11) is -3.25.